The second-order valence-corrected chi connectivity index (χ2v) is 7.71. The number of rotatable bonds is 6. The first kappa shape index (κ1) is 21.7. The molecule has 1 amide bonds. The van der Waals surface area contributed by atoms with E-state index in [1.807, 2.05) is 43.4 Å². The molecule has 2 heterocycles. The number of amides is 1. The van der Waals surface area contributed by atoms with Crippen LogP contribution in [0.2, 0.25) is 0 Å². The predicted octanol–water partition coefficient (Wildman–Crippen LogP) is 3.46. The largest absolute Gasteiger partial charge is 0.493 e. The second kappa shape index (κ2) is 9.30. The van der Waals surface area contributed by atoms with E-state index in [0.717, 1.165) is 35.4 Å². The minimum atomic E-state index is 0.0138. The first-order chi connectivity index (χ1) is 15.5. The van der Waals surface area contributed by atoms with Gasteiger partial charge >= 0.3 is 0 Å². The molecule has 0 saturated heterocycles. The Bertz CT molecular complexity index is 1110. The standard InChI is InChI=1S/C24H28N4O4/c1-27-12-7-13-28(24-23(27)25-17-8-5-6-9-18(17)26-24)21(29)11-10-16-14-19(30-2)22(32-4)20(15-16)31-3/h5-6,8-9,14-15H,7,10-13H2,1-4H3. The number of aromatic nitrogens is 2. The van der Waals surface area contributed by atoms with Gasteiger partial charge in [0.1, 0.15) is 0 Å². The van der Waals surface area contributed by atoms with Crippen molar-refractivity contribution >= 4 is 28.6 Å². The summed E-state index contributed by atoms with van der Waals surface area (Å²) in [6.45, 7) is 1.43. The predicted molar refractivity (Wildman–Crippen MR) is 124 cm³/mol. The van der Waals surface area contributed by atoms with Crippen molar-refractivity contribution in [2.45, 2.75) is 19.3 Å². The monoisotopic (exact) mass is 436 g/mol. The van der Waals surface area contributed by atoms with Crippen LogP contribution in [-0.2, 0) is 11.2 Å². The van der Waals surface area contributed by atoms with Crippen LogP contribution in [-0.4, -0.2) is 57.3 Å². The normalized spacial score (nSPS) is 13.5. The number of para-hydroxylation sites is 2. The number of aryl methyl sites for hydroxylation is 1. The molecule has 4 rings (SSSR count). The SMILES string of the molecule is COc1cc(CCC(=O)N2CCCN(C)c3nc4ccccc4nc32)cc(OC)c1OC. The average Bonchev–Trinajstić information content (AvgIpc) is 2.98. The van der Waals surface area contributed by atoms with Gasteiger partial charge in [-0.3, -0.25) is 9.69 Å². The fourth-order valence-electron chi connectivity index (χ4n) is 4.01. The molecule has 0 N–H and O–H groups in total. The summed E-state index contributed by atoms with van der Waals surface area (Å²) in [6.07, 6.45) is 1.72. The summed E-state index contributed by atoms with van der Waals surface area (Å²) in [7, 11) is 6.73. The summed E-state index contributed by atoms with van der Waals surface area (Å²) in [6, 6.07) is 11.5. The number of hydrogen-bond acceptors (Lipinski definition) is 7. The fourth-order valence-corrected chi connectivity index (χ4v) is 4.01. The van der Waals surface area contributed by atoms with Crippen LogP contribution in [0.3, 0.4) is 0 Å². The Morgan fingerprint density at radius 1 is 0.938 bits per heavy atom. The average molecular weight is 437 g/mol. The Balaban J connectivity index is 1.60. The van der Waals surface area contributed by atoms with Crippen molar-refractivity contribution in [1.29, 1.82) is 0 Å². The lowest BCUT2D eigenvalue weighted by Gasteiger charge is -2.23. The Morgan fingerprint density at radius 2 is 1.56 bits per heavy atom. The molecule has 0 saturated carbocycles. The molecule has 8 nitrogen and oxygen atoms in total. The van der Waals surface area contributed by atoms with Crippen molar-refractivity contribution in [3.05, 3.63) is 42.0 Å². The maximum absolute atomic E-state index is 13.3. The van der Waals surface area contributed by atoms with Gasteiger partial charge in [0.05, 0.1) is 32.4 Å². The third-order valence-electron chi connectivity index (χ3n) is 5.68. The van der Waals surface area contributed by atoms with Gasteiger partial charge in [-0.25, -0.2) is 9.97 Å². The molecule has 0 bridgehead atoms. The van der Waals surface area contributed by atoms with Crippen molar-refractivity contribution in [3.63, 3.8) is 0 Å². The molecule has 1 aromatic heterocycles. The Kier molecular flexibility index (Phi) is 6.30. The summed E-state index contributed by atoms with van der Waals surface area (Å²) >= 11 is 0. The molecule has 0 fully saturated rings. The highest BCUT2D eigenvalue weighted by molar-refractivity contribution is 5.97. The number of anilines is 2. The van der Waals surface area contributed by atoms with E-state index >= 15 is 0 Å². The highest BCUT2D eigenvalue weighted by Crippen LogP contribution is 2.38. The molecule has 8 heteroatoms. The highest BCUT2D eigenvalue weighted by Gasteiger charge is 2.26. The zero-order valence-corrected chi connectivity index (χ0v) is 18.9. The molecule has 0 spiro atoms. The number of methoxy groups -OCH3 is 3. The first-order valence-corrected chi connectivity index (χ1v) is 10.6. The fraction of sp³-hybridized carbons (Fsp3) is 0.375. The van der Waals surface area contributed by atoms with Gasteiger partial charge in [-0.1, -0.05) is 12.1 Å². The lowest BCUT2D eigenvalue weighted by molar-refractivity contribution is -0.118. The molecule has 3 aromatic rings. The number of nitrogens with zero attached hydrogens (tertiary/aromatic N) is 4. The summed E-state index contributed by atoms with van der Waals surface area (Å²) in [5.74, 6) is 3.07. The lowest BCUT2D eigenvalue weighted by atomic mass is 10.1. The Morgan fingerprint density at radius 3 is 2.16 bits per heavy atom. The van der Waals surface area contributed by atoms with Crippen molar-refractivity contribution in [2.24, 2.45) is 0 Å². The zero-order valence-electron chi connectivity index (χ0n) is 18.9. The van der Waals surface area contributed by atoms with E-state index in [0.29, 0.717) is 42.5 Å². The van der Waals surface area contributed by atoms with E-state index in [1.165, 1.54) is 0 Å². The molecule has 0 unspecified atom stereocenters. The second-order valence-electron chi connectivity index (χ2n) is 7.71. The number of ether oxygens (including phenoxy) is 3. The summed E-state index contributed by atoms with van der Waals surface area (Å²) in [5.41, 5.74) is 2.54. The molecule has 32 heavy (non-hydrogen) atoms. The van der Waals surface area contributed by atoms with Crippen LogP contribution >= 0.6 is 0 Å². The molecule has 0 aliphatic carbocycles. The van der Waals surface area contributed by atoms with E-state index in [1.54, 1.807) is 26.2 Å². The topological polar surface area (TPSA) is 77.0 Å². The number of fused-ring (bicyclic) bond motifs is 2. The Labute approximate surface area is 187 Å². The summed E-state index contributed by atoms with van der Waals surface area (Å²) < 4.78 is 16.3. The molecule has 1 aliphatic rings. The maximum atomic E-state index is 13.3. The lowest BCUT2D eigenvalue weighted by Crippen LogP contribution is -2.32. The third-order valence-corrected chi connectivity index (χ3v) is 5.68. The molecular weight excluding hydrogens is 408 g/mol. The van der Waals surface area contributed by atoms with E-state index in [9.17, 15) is 4.79 Å². The third kappa shape index (κ3) is 4.12. The molecular formula is C24H28N4O4. The van der Waals surface area contributed by atoms with Crippen LogP contribution in [0.4, 0.5) is 11.6 Å². The molecule has 0 radical (unpaired) electrons. The Hall–Kier alpha value is -3.55. The van der Waals surface area contributed by atoms with Crippen LogP contribution in [0.1, 0.15) is 18.4 Å². The van der Waals surface area contributed by atoms with Crippen LogP contribution in [0.5, 0.6) is 17.2 Å². The van der Waals surface area contributed by atoms with Gasteiger partial charge in [-0.05, 0) is 42.7 Å². The quantitative estimate of drug-likeness (QED) is 0.586. The van der Waals surface area contributed by atoms with Gasteiger partial charge in [-0.15, -0.1) is 0 Å². The van der Waals surface area contributed by atoms with Crippen LogP contribution in [0.25, 0.3) is 11.0 Å². The van der Waals surface area contributed by atoms with Gasteiger partial charge < -0.3 is 19.1 Å². The number of carbonyl (C=O) groups is 1. The minimum absolute atomic E-state index is 0.0138. The number of carbonyl (C=O) groups excluding carboxylic acids is 1. The van der Waals surface area contributed by atoms with Crippen molar-refractivity contribution in [3.8, 4) is 17.2 Å². The molecule has 1 aliphatic heterocycles. The summed E-state index contributed by atoms with van der Waals surface area (Å²) in [4.78, 5) is 26.8. The molecule has 0 atom stereocenters. The highest BCUT2D eigenvalue weighted by atomic mass is 16.5. The van der Waals surface area contributed by atoms with E-state index in [4.69, 9.17) is 24.2 Å². The van der Waals surface area contributed by atoms with E-state index < -0.39 is 0 Å². The molecule has 2 aromatic carbocycles. The summed E-state index contributed by atoms with van der Waals surface area (Å²) in [5, 5.41) is 0. The van der Waals surface area contributed by atoms with Gasteiger partial charge in [-0.2, -0.15) is 0 Å². The van der Waals surface area contributed by atoms with Gasteiger partial charge in [0.25, 0.3) is 0 Å². The van der Waals surface area contributed by atoms with E-state index in [-0.39, 0.29) is 5.91 Å². The van der Waals surface area contributed by atoms with Crippen LogP contribution in [0, 0.1) is 0 Å². The maximum Gasteiger partial charge on any atom is 0.228 e. The number of hydrogen-bond donors (Lipinski definition) is 0. The molecule has 168 valence electrons. The minimum Gasteiger partial charge on any atom is -0.493 e. The van der Waals surface area contributed by atoms with Gasteiger partial charge in [0.2, 0.25) is 11.7 Å². The van der Waals surface area contributed by atoms with Gasteiger partial charge in [0, 0.05) is 26.6 Å². The van der Waals surface area contributed by atoms with Crippen LogP contribution < -0.4 is 24.0 Å². The van der Waals surface area contributed by atoms with Gasteiger partial charge in [0.15, 0.2) is 23.1 Å². The van der Waals surface area contributed by atoms with Crippen molar-refractivity contribution in [1.82, 2.24) is 9.97 Å². The van der Waals surface area contributed by atoms with E-state index in [2.05, 4.69) is 4.90 Å². The zero-order chi connectivity index (χ0) is 22.7. The smallest absolute Gasteiger partial charge is 0.228 e. The first-order valence-electron chi connectivity index (χ1n) is 10.6. The van der Waals surface area contributed by atoms with Crippen LogP contribution in [0.15, 0.2) is 36.4 Å². The van der Waals surface area contributed by atoms with Crippen molar-refractivity contribution < 1.29 is 19.0 Å². The number of benzene rings is 2. The van der Waals surface area contributed by atoms with Crippen molar-refractivity contribution in [2.75, 3.05) is 51.3 Å².